The minimum Gasteiger partial charge on any atom is -0.497 e. The van der Waals surface area contributed by atoms with Crippen molar-refractivity contribution in [3.05, 3.63) is 71.8 Å². The second-order valence-corrected chi connectivity index (χ2v) is 5.45. The van der Waals surface area contributed by atoms with Gasteiger partial charge in [-0.25, -0.2) is 9.78 Å². The second kappa shape index (κ2) is 7.48. The maximum Gasteiger partial charge on any atom is 0.320 e. The number of anilines is 1. The Hall–Kier alpha value is -3.35. The summed E-state index contributed by atoms with van der Waals surface area (Å²) in [5.41, 5.74) is 1.53. The molecule has 0 bridgehead atoms. The molecule has 0 spiro atoms. The van der Waals surface area contributed by atoms with Crippen LogP contribution in [0.3, 0.4) is 0 Å². The first-order chi connectivity index (χ1) is 12.2. The minimum atomic E-state index is -0.461. The van der Waals surface area contributed by atoms with Crippen molar-refractivity contribution in [1.29, 1.82) is 0 Å². The Kier molecular flexibility index (Phi) is 4.94. The number of benzene rings is 2. The number of methoxy groups -OCH3 is 1. The van der Waals surface area contributed by atoms with Crippen LogP contribution in [0.15, 0.2) is 54.6 Å². The van der Waals surface area contributed by atoms with E-state index in [1.54, 1.807) is 19.2 Å². The first-order valence-corrected chi connectivity index (χ1v) is 7.81. The molecule has 0 aliphatic rings. The molecule has 0 fully saturated rings. The summed E-state index contributed by atoms with van der Waals surface area (Å²) in [5.74, 6) is 1.86. The van der Waals surface area contributed by atoms with E-state index in [-0.39, 0.29) is 6.03 Å². The summed E-state index contributed by atoms with van der Waals surface area (Å²) < 4.78 is 5.16. The summed E-state index contributed by atoms with van der Waals surface area (Å²) in [5, 5.41) is 12.7. The third-order valence-electron chi connectivity index (χ3n) is 3.61. The summed E-state index contributed by atoms with van der Waals surface area (Å²) in [6.45, 7) is 1.81. The zero-order chi connectivity index (χ0) is 17.6. The van der Waals surface area contributed by atoms with Gasteiger partial charge in [0.25, 0.3) is 0 Å². The molecule has 2 aromatic carbocycles. The Balaban J connectivity index is 1.79. The smallest absolute Gasteiger partial charge is 0.320 e. The topological polar surface area (TPSA) is 91.9 Å². The van der Waals surface area contributed by atoms with Crippen LogP contribution in [-0.4, -0.2) is 28.3 Å². The number of urea groups is 1. The maximum absolute atomic E-state index is 12.4. The number of rotatable bonds is 5. The van der Waals surface area contributed by atoms with Crippen LogP contribution in [-0.2, 0) is 0 Å². The van der Waals surface area contributed by atoms with Crippen LogP contribution in [0.4, 0.5) is 10.5 Å². The van der Waals surface area contributed by atoms with Crippen LogP contribution in [0.2, 0.25) is 0 Å². The van der Waals surface area contributed by atoms with Gasteiger partial charge < -0.3 is 15.4 Å². The summed E-state index contributed by atoms with van der Waals surface area (Å²) in [6.07, 6.45) is 0. The lowest BCUT2D eigenvalue weighted by Gasteiger charge is -2.17. The standard InChI is InChI=1S/C18H19N5O2/c1-12-19-17(23-22-12)16(13-7-4-3-5-8-13)21-18(24)20-14-9-6-10-15(11-14)25-2/h3-11,16H,1-2H3,(H,19,22,23)(H2,20,21,24)/t16-/m1/s1. The van der Waals surface area contributed by atoms with E-state index in [1.807, 2.05) is 49.4 Å². The predicted molar refractivity (Wildman–Crippen MR) is 94.6 cm³/mol. The molecular weight excluding hydrogens is 318 g/mol. The van der Waals surface area contributed by atoms with Gasteiger partial charge in [0.2, 0.25) is 0 Å². The first kappa shape index (κ1) is 16.5. The van der Waals surface area contributed by atoms with E-state index < -0.39 is 6.04 Å². The number of aromatic nitrogens is 3. The van der Waals surface area contributed by atoms with Gasteiger partial charge in [-0.2, -0.15) is 5.10 Å². The van der Waals surface area contributed by atoms with Crippen LogP contribution in [0.25, 0.3) is 0 Å². The Morgan fingerprint density at radius 3 is 2.64 bits per heavy atom. The van der Waals surface area contributed by atoms with Crippen LogP contribution >= 0.6 is 0 Å². The van der Waals surface area contributed by atoms with E-state index in [1.165, 1.54) is 0 Å². The van der Waals surface area contributed by atoms with E-state index in [0.717, 1.165) is 5.56 Å². The zero-order valence-electron chi connectivity index (χ0n) is 14.0. The van der Waals surface area contributed by atoms with Crippen molar-refractivity contribution in [2.45, 2.75) is 13.0 Å². The molecule has 3 aromatic rings. The fourth-order valence-electron chi connectivity index (χ4n) is 2.43. The summed E-state index contributed by atoms with van der Waals surface area (Å²) in [6, 6.07) is 15.9. The molecule has 25 heavy (non-hydrogen) atoms. The monoisotopic (exact) mass is 337 g/mol. The maximum atomic E-state index is 12.4. The summed E-state index contributed by atoms with van der Waals surface area (Å²) in [4.78, 5) is 16.8. The van der Waals surface area contributed by atoms with Crippen molar-refractivity contribution in [2.75, 3.05) is 12.4 Å². The highest BCUT2D eigenvalue weighted by Gasteiger charge is 2.20. The van der Waals surface area contributed by atoms with Crippen molar-refractivity contribution < 1.29 is 9.53 Å². The molecule has 1 heterocycles. The van der Waals surface area contributed by atoms with Crippen molar-refractivity contribution in [2.24, 2.45) is 0 Å². The van der Waals surface area contributed by atoms with Gasteiger partial charge >= 0.3 is 6.03 Å². The van der Waals surface area contributed by atoms with Crippen LogP contribution in [0.1, 0.15) is 23.3 Å². The lowest BCUT2D eigenvalue weighted by Crippen LogP contribution is -2.33. The van der Waals surface area contributed by atoms with Crippen LogP contribution in [0.5, 0.6) is 5.75 Å². The second-order valence-electron chi connectivity index (χ2n) is 5.45. The number of carbonyl (C=O) groups excluding carboxylic acids is 1. The fraction of sp³-hybridized carbons (Fsp3) is 0.167. The average Bonchev–Trinajstić information content (AvgIpc) is 3.06. The average molecular weight is 337 g/mol. The number of hydrogen-bond acceptors (Lipinski definition) is 4. The van der Waals surface area contributed by atoms with Gasteiger partial charge in [-0.15, -0.1) is 0 Å². The number of ether oxygens (including phenoxy) is 1. The zero-order valence-corrected chi connectivity index (χ0v) is 14.0. The van der Waals surface area contributed by atoms with Crippen LogP contribution < -0.4 is 15.4 Å². The molecule has 0 radical (unpaired) electrons. The number of carbonyl (C=O) groups is 1. The summed E-state index contributed by atoms with van der Waals surface area (Å²) in [7, 11) is 1.58. The van der Waals surface area contributed by atoms with Crippen molar-refractivity contribution in [3.63, 3.8) is 0 Å². The third kappa shape index (κ3) is 4.14. The molecule has 0 saturated carbocycles. The first-order valence-electron chi connectivity index (χ1n) is 7.81. The molecule has 1 atom stereocenters. The van der Waals surface area contributed by atoms with Crippen molar-refractivity contribution in [1.82, 2.24) is 20.5 Å². The SMILES string of the molecule is COc1cccc(NC(=O)N[C@H](c2ccccc2)c2n[nH]c(C)n2)c1. The van der Waals surface area contributed by atoms with E-state index in [9.17, 15) is 4.79 Å². The predicted octanol–water partition coefficient (Wildman–Crippen LogP) is 3.03. The lowest BCUT2D eigenvalue weighted by molar-refractivity contribution is 0.249. The molecule has 1 aromatic heterocycles. The highest BCUT2D eigenvalue weighted by Crippen LogP contribution is 2.20. The molecule has 7 nitrogen and oxygen atoms in total. The van der Waals surface area contributed by atoms with E-state index in [2.05, 4.69) is 25.8 Å². The van der Waals surface area contributed by atoms with Gasteiger partial charge in [0, 0.05) is 11.8 Å². The van der Waals surface area contributed by atoms with Gasteiger partial charge in [-0.05, 0) is 24.6 Å². The third-order valence-corrected chi connectivity index (χ3v) is 3.61. The Labute approximate surface area is 145 Å². The molecule has 0 unspecified atom stereocenters. The van der Waals surface area contributed by atoms with Gasteiger partial charge in [0.1, 0.15) is 17.6 Å². The Bertz CT molecular complexity index is 847. The van der Waals surface area contributed by atoms with Crippen molar-refractivity contribution in [3.8, 4) is 5.75 Å². The molecule has 0 aliphatic heterocycles. The molecule has 0 aliphatic carbocycles. The number of H-pyrrole nitrogens is 1. The van der Waals surface area contributed by atoms with E-state index in [4.69, 9.17) is 4.74 Å². The Morgan fingerprint density at radius 2 is 1.96 bits per heavy atom. The van der Waals surface area contributed by atoms with Gasteiger partial charge in [-0.1, -0.05) is 36.4 Å². The molecule has 3 N–H and O–H groups in total. The molecule has 0 saturated heterocycles. The molecule has 2 amide bonds. The van der Waals surface area contributed by atoms with Crippen LogP contribution in [0, 0.1) is 6.92 Å². The highest BCUT2D eigenvalue weighted by atomic mass is 16.5. The van der Waals surface area contributed by atoms with Gasteiger partial charge in [0.05, 0.1) is 7.11 Å². The molecular formula is C18H19N5O2. The molecule has 3 rings (SSSR count). The lowest BCUT2D eigenvalue weighted by atomic mass is 10.1. The van der Waals surface area contributed by atoms with Gasteiger partial charge in [0.15, 0.2) is 5.82 Å². The van der Waals surface area contributed by atoms with E-state index in [0.29, 0.717) is 23.1 Å². The van der Waals surface area contributed by atoms with E-state index >= 15 is 0 Å². The van der Waals surface area contributed by atoms with Crippen molar-refractivity contribution >= 4 is 11.7 Å². The number of nitrogens with one attached hydrogen (secondary N) is 3. The number of aromatic amines is 1. The molecule has 7 heteroatoms. The number of nitrogens with zero attached hydrogens (tertiary/aromatic N) is 2. The Morgan fingerprint density at radius 1 is 1.16 bits per heavy atom. The number of aryl methyl sites for hydroxylation is 1. The largest absolute Gasteiger partial charge is 0.497 e. The fourth-order valence-corrected chi connectivity index (χ4v) is 2.43. The molecule has 128 valence electrons. The minimum absolute atomic E-state index is 0.357. The highest BCUT2D eigenvalue weighted by molar-refractivity contribution is 5.89. The summed E-state index contributed by atoms with van der Waals surface area (Å²) >= 11 is 0. The normalized spacial score (nSPS) is 11.6. The number of amides is 2. The quantitative estimate of drug-likeness (QED) is 0.667. The number of hydrogen-bond donors (Lipinski definition) is 3. The van der Waals surface area contributed by atoms with Gasteiger partial charge in [-0.3, -0.25) is 5.10 Å².